The largest absolute Gasteiger partial charge is 0.378 e. The summed E-state index contributed by atoms with van der Waals surface area (Å²) in [5.74, 6) is 1.25. The van der Waals surface area contributed by atoms with Crippen LogP contribution in [0, 0.1) is 5.92 Å². The Bertz CT molecular complexity index is 754. The zero-order valence-corrected chi connectivity index (χ0v) is 17.8. The van der Waals surface area contributed by atoms with Gasteiger partial charge in [-0.3, -0.25) is 0 Å². The number of anilines is 3. The summed E-state index contributed by atoms with van der Waals surface area (Å²) in [6.07, 6.45) is 0. The van der Waals surface area contributed by atoms with Gasteiger partial charge in [0.15, 0.2) is 0 Å². The average molecular weight is 373 g/mol. The molecule has 3 rings (SSSR count). The molecule has 3 heteroatoms. The molecule has 0 aromatic heterocycles. The molecule has 0 unspecified atom stereocenters. The van der Waals surface area contributed by atoms with E-state index >= 15 is 0 Å². The fourth-order valence-corrected chi connectivity index (χ4v) is 3.28. The molecule has 0 bridgehead atoms. The minimum atomic E-state index is 1.20. The molecule has 0 aliphatic heterocycles. The predicted molar refractivity (Wildman–Crippen MR) is 123 cm³/mol. The lowest BCUT2D eigenvalue weighted by atomic mass is 9.85. The topological polar surface area (TPSA) is 9.72 Å². The van der Waals surface area contributed by atoms with Gasteiger partial charge in [0.1, 0.15) is 0 Å². The second kappa shape index (κ2) is 8.39. The van der Waals surface area contributed by atoms with Crippen molar-refractivity contribution in [3.63, 3.8) is 0 Å². The summed E-state index contributed by atoms with van der Waals surface area (Å²) in [5.41, 5.74) is 7.28. The van der Waals surface area contributed by atoms with Crippen molar-refractivity contribution >= 4 is 17.1 Å². The van der Waals surface area contributed by atoms with Crippen LogP contribution >= 0.6 is 0 Å². The Morgan fingerprint density at radius 2 is 0.607 bits per heavy atom. The lowest BCUT2D eigenvalue weighted by molar-refractivity contribution is 1.11. The third-order valence-corrected chi connectivity index (χ3v) is 5.02. The van der Waals surface area contributed by atoms with E-state index in [1.165, 1.54) is 39.7 Å². The molecule has 0 spiro atoms. The highest BCUT2D eigenvalue weighted by atomic mass is 15.1. The van der Waals surface area contributed by atoms with E-state index < -0.39 is 0 Å². The van der Waals surface area contributed by atoms with Crippen molar-refractivity contribution in [2.75, 3.05) is 57.0 Å². The van der Waals surface area contributed by atoms with Gasteiger partial charge in [0.05, 0.1) is 5.92 Å². The van der Waals surface area contributed by atoms with Gasteiger partial charge in [-0.1, -0.05) is 36.4 Å². The van der Waals surface area contributed by atoms with Gasteiger partial charge in [0.2, 0.25) is 0 Å². The SMILES string of the molecule is CN(C)c1ccc([C](c2ccc(N(C)C)cc2)c2ccc(N(C)C)cc2)cc1. The predicted octanol–water partition coefficient (Wildman–Crippen LogP) is 4.90. The Kier molecular flexibility index (Phi) is 5.93. The van der Waals surface area contributed by atoms with Crippen LogP contribution in [-0.4, -0.2) is 42.3 Å². The van der Waals surface area contributed by atoms with Gasteiger partial charge in [0, 0.05) is 59.3 Å². The van der Waals surface area contributed by atoms with Gasteiger partial charge in [-0.25, -0.2) is 0 Å². The Labute approximate surface area is 169 Å². The molecule has 0 saturated heterocycles. The number of hydrogen-bond donors (Lipinski definition) is 0. The first-order chi connectivity index (χ1) is 13.4. The maximum Gasteiger partial charge on any atom is 0.0629 e. The summed E-state index contributed by atoms with van der Waals surface area (Å²) in [5, 5.41) is 0. The van der Waals surface area contributed by atoms with E-state index in [1.54, 1.807) is 0 Å². The van der Waals surface area contributed by atoms with Crippen molar-refractivity contribution in [1.29, 1.82) is 0 Å². The summed E-state index contributed by atoms with van der Waals surface area (Å²) in [6, 6.07) is 26.3. The normalized spacial score (nSPS) is 10.8. The summed E-state index contributed by atoms with van der Waals surface area (Å²) < 4.78 is 0. The minimum Gasteiger partial charge on any atom is -0.378 e. The van der Waals surface area contributed by atoms with Crippen LogP contribution in [0.3, 0.4) is 0 Å². The fraction of sp³-hybridized carbons (Fsp3) is 0.240. The molecule has 3 nitrogen and oxygen atoms in total. The van der Waals surface area contributed by atoms with E-state index in [-0.39, 0.29) is 0 Å². The minimum absolute atomic E-state index is 1.20. The van der Waals surface area contributed by atoms with Gasteiger partial charge in [-0.15, -0.1) is 0 Å². The highest BCUT2D eigenvalue weighted by Crippen LogP contribution is 2.33. The highest BCUT2D eigenvalue weighted by molar-refractivity contribution is 5.63. The first-order valence-electron chi connectivity index (χ1n) is 9.57. The van der Waals surface area contributed by atoms with Crippen molar-refractivity contribution in [2.24, 2.45) is 0 Å². The molecule has 0 fully saturated rings. The quantitative estimate of drug-likeness (QED) is 0.570. The molecule has 3 aromatic carbocycles. The van der Waals surface area contributed by atoms with Gasteiger partial charge in [-0.2, -0.15) is 0 Å². The maximum atomic E-state index is 2.21. The van der Waals surface area contributed by atoms with Crippen LogP contribution in [0.25, 0.3) is 0 Å². The molecule has 0 amide bonds. The molecule has 145 valence electrons. The van der Waals surface area contributed by atoms with Crippen molar-refractivity contribution in [1.82, 2.24) is 0 Å². The molecule has 0 aliphatic carbocycles. The van der Waals surface area contributed by atoms with Crippen LogP contribution in [0.2, 0.25) is 0 Å². The van der Waals surface area contributed by atoms with E-state index in [0.717, 1.165) is 0 Å². The molecule has 28 heavy (non-hydrogen) atoms. The van der Waals surface area contributed by atoms with Crippen LogP contribution < -0.4 is 14.7 Å². The molecule has 0 N–H and O–H groups in total. The number of nitrogens with zero attached hydrogens (tertiary/aromatic N) is 3. The van der Waals surface area contributed by atoms with E-state index in [1.807, 2.05) is 0 Å². The zero-order valence-electron chi connectivity index (χ0n) is 17.8. The van der Waals surface area contributed by atoms with Crippen molar-refractivity contribution in [3.8, 4) is 0 Å². The molecule has 0 aliphatic rings. The number of rotatable bonds is 6. The Morgan fingerprint density at radius 1 is 0.393 bits per heavy atom. The molecule has 3 aromatic rings. The molecule has 1 radical (unpaired) electrons. The third-order valence-electron chi connectivity index (χ3n) is 5.02. The van der Waals surface area contributed by atoms with Gasteiger partial charge in [0.25, 0.3) is 0 Å². The summed E-state index contributed by atoms with van der Waals surface area (Å²) in [4.78, 5) is 6.38. The third kappa shape index (κ3) is 4.30. The van der Waals surface area contributed by atoms with Gasteiger partial charge < -0.3 is 14.7 Å². The first-order valence-corrected chi connectivity index (χ1v) is 9.57. The van der Waals surface area contributed by atoms with Crippen LogP contribution in [0.5, 0.6) is 0 Å². The monoisotopic (exact) mass is 372 g/mol. The lowest BCUT2D eigenvalue weighted by Gasteiger charge is -2.22. The molecule has 0 saturated carbocycles. The van der Waals surface area contributed by atoms with E-state index in [0.29, 0.717) is 0 Å². The number of benzene rings is 3. The molecule has 0 atom stereocenters. The van der Waals surface area contributed by atoms with Crippen molar-refractivity contribution in [2.45, 2.75) is 0 Å². The van der Waals surface area contributed by atoms with Crippen LogP contribution in [0.4, 0.5) is 17.1 Å². The molecular weight excluding hydrogens is 342 g/mol. The first kappa shape index (κ1) is 19.8. The Morgan fingerprint density at radius 3 is 0.786 bits per heavy atom. The second-order valence-electron chi connectivity index (χ2n) is 7.70. The summed E-state index contributed by atoms with van der Waals surface area (Å²) >= 11 is 0. The van der Waals surface area contributed by atoms with Crippen LogP contribution in [-0.2, 0) is 0 Å². The van der Waals surface area contributed by atoms with Gasteiger partial charge in [-0.05, 0) is 53.1 Å². The van der Waals surface area contributed by atoms with Crippen molar-refractivity contribution < 1.29 is 0 Å². The van der Waals surface area contributed by atoms with E-state index in [2.05, 4.69) is 130 Å². The summed E-state index contributed by atoms with van der Waals surface area (Å²) in [7, 11) is 12.4. The van der Waals surface area contributed by atoms with E-state index in [4.69, 9.17) is 0 Å². The average Bonchev–Trinajstić information content (AvgIpc) is 2.69. The number of hydrogen-bond acceptors (Lipinski definition) is 3. The standard InChI is InChI=1S/C25H30N3/c1-26(2)22-13-7-19(8-14-22)25(20-9-15-23(16-10-20)27(3)4)21-11-17-24(18-12-21)28(5)6/h7-18H,1-6H3. The summed E-state index contributed by atoms with van der Waals surface area (Å²) in [6.45, 7) is 0. The lowest BCUT2D eigenvalue weighted by Crippen LogP contribution is -2.11. The molecular formula is C25H30N3. The highest BCUT2D eigenvalue weighted by Gasteiger charge is 2.18. The van der Waals surface area contributed by atoms with Gasteiger partial charge >= 0.3 is 0 Å². The maximum absolute atomic E-state index is 2.21. The van der Waals surface area contributed by atoms with Crippen LogP contribution in [0.1, 0.15) is 16.7 Å². The smallest absolute Gasteiger partial charge is 0.0629 e. The Balaban J connectivity index is 2.04. The zero-order chi connectivity index (χ0) is 20.3. The second-order valence-corrected chi connectivity index (χ2v) is 7.70. The fourth-order valence-electron chi connectivity index (χ4n) is 3.28. The molecule has 0 heterocycles. The van der Waals surface area contributed by atoms with Crippen LogP contribution in [0.15, 0.2) is 72.8 Å². The van der Waals surface area contributed by atoms with E-state index in [9.17, 15) is 0 Å². The van der Waals surface area contributed by atoms with Crippen molar-refractivity contribution in [3.05, 3.63) is 95.4 Å². The Hall–Kier alpha value is -2.94.